The first kappa shape index (κ1) is 12.4. The third-order valence-electron chi connectivity index (χ3n) is 3.16. The Morgan fingerprint density at radius 1 is 1.53 bits per heavy atom. The van der Waals surface area contributed by atoms with E-state index in [1.807, 2.05) is 0 Å². The fraction of sp³-hybridized carbons (Fsp3) is 0.727. The summed E-state index contributed by atoms with van der Waals surface area (Å²) in [5.74, 6) is 0.690. The number of hydrogen-bond acceptors (Lipinski definition) is 4. The minimum Gasteiger partial charge on any atom is -0.362 e. The van der Waals surface area contributed by atoms with Gasteiger partial charge in [-0.1, -0.05) is 18.7 Å². The van der Waals surface area contributed by atoms with E-state index in [4.69, 9.17) is 0 Å². The van der Waals surface area contributed by atoms with Gasteiger partial charge in [-0.2, -0.15) is 0 Å². The molecule has 5 nitrogen and oxygen atoms in total. The van der Waals surface area contributed by atoms with E-state index in [9.17, 15) is 9.59 Å². The molecule has 0 aromatic rings. The van der Waals surface area contributed by atoms with Crippen molar-refractivity contribution in [3.63, 3.8) is 0 Å². The molecule has 6 heteroatoms. The molecule has 0 aliphatic carbocycles. The van der Waals surface area contributed by atoms with Crippen LogP contribution in [0.15, 0.2) is 4.99 Å². The maximum absolute atomic E-state index is 11.7. The fourth-order valence-electron chi connectivity index (χ4n) is 1.95. The zero-order valence-electron chi connectivity index (χ0n) is 10.1. The van der Waals surface area contributed by atoms with E-state index in [0.717, 1.165) is 23.8 Å². The van der Waals surface area contributed by atoms with E-state index < -0.39 is 6.04 Å². The number of aliphatic imine (C=N–C) groups is 1. The molecule has 2 aliphatic rings. The molecule has 0 saturated carbocycles. The minimum absolute atomic E-state index is 0.141. The van der Waals surface area contributed by atoms with Crippen LogP contribution in [0.5, 0.6) is 0 Å². The molecule has 17 heavy (non-hydrogen) atoms. The predicted octanol–water partition coefficient (Wildman–Crippen LogP) is 0.605. The van der Waals surface area contributed by atoms with E-state index in [1.165, 1.54) is 11.9 Å². The molecule has 94 valence electrons. The van der Waals surface area contributed by atoms with Gasteiger partial charge < -0.3 is 5.32 Å². The number of imide groups is 1. The van der Waals surface area contributed by atoms with E-state index >= 15 is 0 Å². The molecule has 0 aromatic heterocycles. The maximum Gasteiger partial charge on any atom is 0.254 e. The summed E-state index contributed by atoms with van der Waals surface area (Å²) in [6, 6.07) is -0.0713. The number of nitrogens with zero attached hydrogens (tertiary/aromatic N) is 2. The third kappa shape index (κ3) is 2.62. The molecule has 2 fully saturated rings. The van der Waals surface area contributed by atoms with Crippen LogP contribution >= 0.6 is 11.8 Å². The lowest BCUT2D eigenvalue weighted by atomic mass is 10.2. The summed E-state index contributed by atoms with van der Waals surface area (Å²) in [7, 11) is 1.52. The molecule has 1 N–H and O–H groups in total. The van der Waals surface area contributed by atoms with E-state index in [1.54, 1.807) is 11.8 Å². The number of hydrogen-bond donors (Lipinski definition) is 1. The van der Waals surface area contributed by atoms with Gasteiger partial charge in [0.05, 0.1) is 6.42 Å². The molecule has 2 saturated heterocycles. The highest BCUT2D eigenvalue weighted by molar-refractivity contribution is 8.13. The number of carbonyl (C=O) groups is 2. The first-order chi connectivity index (χ1) is 8.11. The van der Waals surface area contributed by atoms with Crippen molar-refractivity contribution in [2.24, 2.45) is 4.99 Å². The van der Waals surface area contributed by atoms with Gasteiger partial charge in [0.2, 0.25) is 5.91 Å². The number of rotatable bonds is 2. The second-order valence-corrected chi connectivity index (χ2v) is 5.42. The molecule has 0 aromatic carbocycles. The molecule has 0 bridgehead atoms. The zero-order valence-corrected chi connectivity index (χ0v) is 10.9. The first-order valence-electron chi connectivity index (χ1n) is 5.89. The molecule has 2 rings (SSSR count). The summed E-state index contributed by atoms with van der Waals surface area (Å²) in [5, 5.41) is 4.12. The quantitative estimate of drug-likeness (QED) is 0.734. The molecular weight excluding hydrogens is 238 g/mol. The number of thioether (sulfide) groups is 1. The predicted molar refractivity (Wildman–Crippen MR) is 67.9 cm³/mol. The first-order valence-corrected chi connectivity index (χ1v) is 6.88. The smallest absolute Gasteiger partial charge is 0.254 e. The Morgan fingerprint density at radius 2 is 2.29 bits per heavy atom. The SMILES string of the molecule is CCC1CCSC(=NC2CC(=O)N(C)C2=O)N1. The van der Waals surface area contributed by atoms with E-state index in [0.29, 0.717) is 6.04 Å². The van der Waals surface area contributed by atoms with Crippen LogP contribution in [0.25, 0.3) is 0 Å². The Kier molecular flexibility index (Phi) is 3.71. The Bertz CT molecular complexity index is 370. The Labute approximate surface area is 105 Å². The highest BCUT2D eigenvalue weighted by Crippen LogP contribution is 2.20. The lowest BCUT2D eigenvalue weighted by Crippen LogP contribution is -2.38. The van der Waals surface area contributed by atoms with Crippen molar-refractivity contribution < 1.29 is 9.59 Å². The van der Waals surface area contributed by atoms with Crippen molar-refractivity contribution in [2.75, 3.05) is 12.8 Å². The van der Waals surface area contributed by atoms with Gasteiger partial charge in [0, 0.05) is 18.8 Å². The van der Waals surface area contributed by atoms with E-state index in [2.05, 4.69) is 17.2 Å². The van der Waals surface area contributed by atoms with Crippen molar-refractivity contribution >= 4 is 28.7 Å². The number of likely N-dealkylation sites (tertiary alicyclic amines) is 1. The Balaban J connectivity index is 2.04. The van der Waals surface area contributed by atoms with Crippen LogP contribution in [-0.2, 0) is 9.59 Å². The summed E-state index contributed by atoms with van der Waals surface area (Å²) in [6.45, 7) is 2.13. The monoisotopic (exact) mass is 255 g/mol. The molecule has 0 spiro atoms. The average Bonchev–Trinajstić information content (AvgIpc) is 2.57. The van der Waals surface area contributed by atoms with Gasteiger partial charge in [-0.15, -0.1) is 0 Å². The maximum atomic E-state index is 11.7. The largest absolute Gasteiger partial charge is 0.362 e. The normalized spacial score (nSPS) is 32.1. The number of amides is 2. The molecule has 2 atom stereocenters. The number of carbonyl (C=O) groups excluding carboxylic acids is 2. The van der Waals surface area contributed by atoms with Gasteiger partial charge in [0.15, 0.2) is 5.17 Å². The van der Waals surface area contributed by atoms with Crippen molar-refractivity contribution in [3.8, 4) is 0 Å². The number of likely N-dealkylation sites (N-methyl/N-ethyl adjacent to an activating group) is 1. The van der Waals surface area contributed by atoms with E-state index in [-0.39, 0.29) is 18.2 Å². The van der Waals surface area contributed by atoms with Crippen molar-refractivity contribution in [1.29, 1.82) is 0 Å². The van der Waals surface area contributed by atoms with Gasteiger partial charge >= 0.3 is 0 Å². The van der Waals surface area contributed by atoms with Crippen LogP contribution in [0.3, 0.4) is 0 Å². The lowest BCUT2D eigenvalue weighted by Gasteiger charge is -2.24. The van der Waals surface area contributed by atoms with Gasteiger partial charge in [0.25, 0.3) is 5.91 Å². The second-order valence-electron chi connectivity index (χ2n) is 4.33. The zero-order chi connectivity index (χ0) is 12.4. The summed E-state index contributed by atoms with van der Waals surface area (Å²) >= 11 is 1.63. The molecule has 0 radical (unpaired) electrons. The van der Waals surface area contributed by atoms with Crippen LogP contribution < -0.4 is 5.32 Å². The number of nitrogens with one attached hydrogen (secondary N) is 1. The molecule has 2 heterocycles. The Morgan fingerprint density at radius 3 is 2.88 bits per heavy atom. The van der Waals surface area contributed by atoms with Crippen molar-refractivity contribution in [2.45, 2.75) is 38.3 Å². The molecular formula is C11H17N3O2S. The van der Waals surface area contributed by atoms with Crippen LogP contribution in [-0.4, -0.2) is 46.8 Å². The van der Waals surface area contributed by atoms with Crippen molar-refractivity contribution in [1.82, 2.24) is 10.2 Å². The highest BCUT2D eigenvalue weighted by atomic mass is 32.2. The van der Waals surface area contributed by atoms with Crippen LogP contribution in [0.4, 0.5) is 0 Å². The van der Waals surface area contributed by atoms with Gasteiger partial charge in [-0.25, -0.2) is 4.99 Å². The van der Waals surface area contributed by atoms with Gasteiger partial charge in [-0.05, 0) is 12.8 Å². The highest BCUT2D eigenvalue weighted by Gasteiger charge is 2.36. The van der Waals surface area contributed by atoms with Crippen LogP contribution in [0.2, 0.25) is 0 Å². The average molecular weight is 255 g/mol. The molecule has 2 aliphatic heterocycles. The summed E-state index contributed by atoms with van der Waals surface area (Å²) in [4.78, 5) is 28.6. The summed E-state index contributed by atoms with van der Waals surface area (Å²) < 4.78 is 0. The van der Waals surface area contributed by atoms with Crippen LogP contribution in [0.1, 0.15) is 26.2 Å². The van der Waals surface area contributed by atoms with Crippen LogP contribution in [0, 0.1) is 0 Å². The van der Waals surface area contributed by atoms with Gasteiger partial charge in [0.1, 0.15) is 6.04 Å². The fourth-order valence-corrected chi connectivity index (χ4v) is 2.99. The minimum atomic E-state index is -0.516. The second kappa shape index (κ2) is 5.08. The third-order valence-corrected chi connectivity index (χ3v) is 4.09. The topological polar surface area (TPSA) is 61.8 Å². The standard InChI is InChI=1S/C11H17N3O2S/c1-3-7-4-5-17-11(12-7)13-8-6-9(15)14(2)10(8)16/h7-8H,3-6H2,1-2H3,(H,12,13). The Hall–Kier alpha value is -1.04. The van der Waals surface area contributed by atoms with Gasteiger partial charge in [-0.3, -0.25) is 14.5 Å². The van der Waals surface area contributed by atoms with Crippen molar-refractivity contribution in [3.05, 3.63) is 0 Å². The summed E-state index contributed by atoms with van der Waals surface area (Å²) in [6.07, 6.45) is 2.38. The molecule has 2 amide bonds. The molecule has 2 unspecified atom stereocenters. The summed E-state index contributed by atoms with van der Waals surface area (Å²) in [5.41, 5.74) is 0. The lowest BCUT2D eigenvalue weighted by molar-refractivity contribution is -0.136. The number of amidine groups is 1.